The number of primary sulfonamides is 1. The number of anilines is 1. The lowest BCUT2D eigenvalue weighted by Crippen LogP contribution is -2.20. The number of hydrogen-bond donors (Lipinski definition) is 2. The number of sulfonamides is 1. The summed E-state index contributed by atoms with van der Waals surface area (Å²) in [7, 11) is -3.74. The van der Waals surface area contributed by atoms with Crippen LogP contribution in [-0.4, -0.2) is 19.9 Å². The molecule has 1 aliphatic carbocycles. The summed E-state index contributed by atoms with van der Waals surface area (Å²) in [6, 6.07) is 4.81. The van der Waals surface area contributed by atoms with E-state index in [4.69, 9.17) is 5.14 Å². The Labute approximate surface area is 121 Å². The lowest BCUT2D eigenvalue weighted by molar-refractivity contribution is 0.250. The van der Waals surface area contributed by atoms with Gasteiger partial charge in [-0.3, -0.25) is 0 Å². The van der Waals surface area contributed by atoms with Crippen LogP contribution in [0.3, 0.4) is 0 Å². The van der Waals surface area contributed by atoms with Gasteiger partial charge < -0.3 is 5.32 Å². The zero-order chi connectivity index (χ0) is 14.8. The quantitative estimate of drug-likeness (QED) is 0.873. The van der Waals surface area contributed by atoms with Crippen molar-refractivity contribution in [2.75, 3.05) is 11.9 Å². The smallest absolute Gasteiger partial charge is 0.255 e. The summed E-state index contributed by atoms with van der Waals surface area (Å²) in [6.45, 7) is 5.45. The van der Waals surface area contributed by atoms with E-state index in [2.05, 4.69) is 24.1 Å². The third-order valence-corrected chi connectivity index (χ3v) is 5.10. The largest absolute Gasteiger partial charge is 0.370 e. The Hall–Kier alpha value is -1.14. The van der Waals surface area contributed by atoms with E-state index in [0.717, 1.165) is 18.9 Å². The minimum atomic E-state index is -3.74. The number of aromatic nitrogens is 1. The molecular weight excluding hydrogens is 274 g/mol. The molecule has 1 heterocycles. The Bertz CT molecular complexity index is 570. The zero-order valence-electron chi connectivity index (χ0n) is 12.1. The highest BCUT2D eigenvalue weighted by molar-refractivity contribution is 7.89. The molecule has 0 spiro atoms. The average molecular weight is 297 g/mol. The molecular formula is C14H23N3O2S. The molecule has 0 aliphatic heterocycles. The fourth-order valence-corrected chi connectivity index (χ4v) is 3.47. The summed E-state index contributed by atoms with van der Waals surface area (Å²) < 4.78 is 22.5. The fourth-order valence-electron chi connectivity index (χ4n) is 2.98. The molecule has 1 aliphatic rings. The first-order valence-corrected chi connectivity index (χ1v) is 8.57. The van der Waals surface area contributed by atoms with E-state index in [1.54, 1.807) is 12.1 Å². The van der Waals surface area contributed by atoms with Crippen LogP contribution < -0.4 is 10.5 Å². The molecule has 1 atom stereocenters. The summed E-state index contributed by atoms with van der Waals surface area (Å²) in [5, 5.41) is 8.17. The molecule has 6 heteroatoms. The SMILES string of the molecule is CC1(C)CCCC1CCNc1cccc(S(N)(=O)=O)n1. The Morgan fingerprint density at radius 1 is 1.45 bits per heavy atom. The molecule has 1 aromatic heterocycles. The number of nitrogens with two attached hydrogens (primary N) is 1. The molecule has 0 bridgehead atoms. The van der Waals surface area contributed by atoms with Gasteiger partial charge in [-0.15, -0.1) is 0 Å². The van der Waals surface area contributed by atoms with Gasteiger partial charge in [0, 0.05) is 6.54 Å². The number of hydrogen-bond acceptors (Lipinski definition) is 4. The molecule has 20 heavy (non-hydrogen) atoms. The summed E-state index contributed by atoms with van der Waals surface area (Å²) in [5.41, 5.74) is 0.414. The van der Waals surface area contributed by atoms with Crippen molar-refractivity contribution in [2.24, 2.45) is 16.5 Å². The topological polar surface area (TPSA) is 85.1 Å². The van der Waals surface area contributed by atoms with Crippen LogP contribution >= 0.6 is 0 Å². The van der Waals surface area contributed by atoms with Crippen LogP contribution in [0, 0.1) is 11.3 Å². The van der Waals surface area contributed by atoms with Crippen molar-refractivity contribution in [1.29, 1.82) is 0 Å². The van der Waals surface area contributed by atoms with E-state index in [-0.39, 0.29) is 5.03 Å². The highest BCUT2D eigenvalue weighted by Gasteiger charge is 2.33. The van der Waals surface area contributed by atoms with Crippen molar-refractivity contribution in [3.05, 3.63) is 18.2 Å². The van der Waals surface area contributed by atoms with E-state index in [1.165, 1.54) is 25.3 Å². The van der Waals surface area contributed by atoms with Crippen molar-refractivity contribution in [3.8, 4) is 0 Å². The van der Waals surface area contributed by atoms with E-state index in [0.29, 0.717) is 11.2 Å². The second-order valence-corrected chi connectivity index (χ2v) is 7.71. The lowest BCUT2D eigenvalue weighted by atomic mass is 9.80. The summed E-state index contributed by atoms with van der Waals surface area (Å²) in [4.78, 5) is 4.02. The third-order valence-electron chi connectivity index (χ3n) is 4.29. The minimum absolute atomic E-state index is 0.0938. The number of nitrogens with one attached hydrogen (secondary N) is 1. The van der Waals surface area contributed by atoms with Gasteiger partial charge in [0.05, 0.1) is 0 Å². The molecule has 0 amide bonds. The van der Waals surface area contributed by atoms with Gasteiger partial charge in [-0.25, -0.2) is 18.5 Å². The molecule has 5 nitrogen and oxygen atoms in total. The fraction of sp³-hybridized carbons (Fsp3) is 0.643. The van der Waals surface area contributed by atoms with Gasteiger partial charge in [-0.2, -0.15) is 0 Å². The molecule has 0 aromatic carbocycles. The monoisotopic (exact) mass is 297 g/mol. The normalized spacial score (nSPS) is 21.9. The second kappa shape index (κ2) is 5.69. The van der Waals surface area contributed by atoms with Gasteiger partial charge in [0.1, 0.15) is 5.82 Å². The summed E-state index contributed by atoms with van der Waals surface area (Å²) >= 11 is 0. The molecule has 1 saturated carbocycles. The molecule has 112 valence electrons. The molecule has 1 aromatic rings. The van der Waals surface area contributed by atoms with Crippen LogP contribution in [0.2, 0.25) is 0 Å². The van der Waals surface area contributed by atoms with Crippen LogP contribution in [0.1, 0.15) is 39.5 Å². The van der Waals surface area contributed by atoms with Crippen molar-refractivity contribution < 1.29 is 8.42 Å². The highest BCUT2D eigenvalue weighted by Crippen LogP contribution is 2.44. The van der Waals surface area contributed by atoms with Crippen LogP contribution in [0.4, 0.5) is 5.82 Å². The van der Waals surface area contributed by atoms with E-state index in [1.807, 2.05) is 0 Å². The van der Waals surface area contributed by atoms with Gasteiger partial charge in [0.2, 0.25) is 0 Å². The van der Waals surface area contributed by atoms with Crippen molar-refractivity contribution in [2.45, 2.75) is 44.6 Å². The maximum atomic E-state index is 11.2. The van der Waals surface area contributed by atoms with Crippen LogP contribution in [0.15, 0.2) is 23.2 Å². The van der Waals surface area contributed by atoms with Crippen molar-refractivity contribution >= 4 is 15.8 Å². The van der Waals surface area contributed by atoms with Gasteiger partial charge >= 0.3 is 0 Å². The number of nitrogens with zero attached hydrogens (tertiary/aromatic N) is 1. The summed E-state index contributed by atoms with van der Waals surface area (Å²) in [5.74, 6) is 1.28. The van der Waals surface area contributed by atoms with Crippen LogP contribution in [0.5, 0.6) is 0 Å². The second-order valence-electron chi connectivity index (χ2n) is 6.20. The Morgan fingerprint density at radius 2 is 2.20 bits per heavy atom. The van der Waals surface area contributed by atoms with Gasteiger partial charge in [0.25, 0.3) is 10.0 Å². The first-order chi connectivity index (χ1) is 9.29. The maximum absolute atomic E-state index is 11.2. The molecule has 1 unspecified atom stereocenters. The van der Waals surface area contributed by atoms with Crippen molar-refractivity contribution in [3.63, 3.8) is 0 Å². The average Bonchev–Trinajstić information content (AvgIpc) is 2.68. The molecule has 3 N–H and O–H groups in total. The zero-order valence-corrected chi connectivity index (χ0v) is 12.9. The van der Waals surface area contributed by atoms with Gasteiger partial charge in [-0.1, -0.05) is 26.3 Å². The predicted molar refractivity (Wildman–Crippen MR) is 79.8 cm³/mol. The first kappa shape index (κ1) is 15.3. The van der Waals surface area contributed by atoms with Crippen LogP contribution in [0.25, 0.3) is 0 Å². The van der Waals surface area contributed by atoms with Crippen molar-refractivity contribution in [1.82, 2.24) is 4.98 Å². The lowest BCUT2D eigenvalue weighted by Gasteiger charge is -2.27. The van der Waals surface area contributed by atoms with Crippen LogP contribution in [-0.2, 0) is 10.0 Å². The molecule has 0 radical (unpaired) electrons. The standard InChI is InChI=1S/C14H23N3O2S/c1-14(2)9-4-5-11(14)8-10-16-12-6-3-7-13(17-12)20(15,18)19/h3,6-7,11H,4-5,8-10H2,1-2H3,(H,16,17)(H2,15,18,19). The minimum Gasteiger partial charge on any atom is -0.370 e. The van der Waals surface area contributed by atoms with Gasteiger partial charge in [0.15, 0.2) is 5.03 Å². The Balaban J connectivity index is 1.92. The van der Waals surface area contributed by atoms with Gasteiger partial charge in [-0.05, 0) is 42.7 Å². The van der Waals surface area contributed by atoms with E-state index >= 15 is 0 Å². The number of pyridine rings is 1. The highest BCUT2D eigenvalue weighted by atomic mass is 32.2. The Morgan fingerprint density at radius 3 is 2.80 bits per heavy atom. The van der Waals surface area contributed by atoms with E-state index < -0.39 is 10.0 Å². The number of rotatable bonds is 5. The summed E-state index contributed by atoms with van der Waals surface area (Å²) in [6.07, 6.45) is 4.95. The molecule has 2 rings (SSSR count). The maximum Gasteiger partial charge on any atom is 0.255 e. The third kappa shape index (κ3) is 3.70. The van der Waals surface area contributed by atoms with E-state index in [9.17, 15) is 8.42 Å². The molecule has 1 fully saturated rings. The first-order valence-electron chi connectivity index (χ1n) is 7.03. The predicted octanol–water partition coefficient (Wildman–Crippen LogP) is 2.36. The molecule has 0 saturated heterocycles. The Kier molecular flexibility index (Phi) is 4.34.